The lowest BCUT2D eigenvalue weighted by Crippen LogP contribution is -2.37. The minimum atomic E-state index is -0.387. The fraction of sp³-hybridized carbons (Fsp3) is 0.254. The topological polar surface area (TPSA) is 260 Å². The van der Waals surface area contributed by atoms with E-state index in [2.05, 4.69) is 332 Å². The Morgan fingerprint density at radius 3 is 1.13 bits per heavy atom. The highest BCUT2D eigenvalue weighted by molar-refractivity contribution is 14.1. The maximum atomic E-state index is 11.1. The molecular formula is C118H120BrIN14O7S6. The fourth-order valence-electron chi connectivity index (χ4n) is 17.3. The Labute approximate surface area is 909 Å². The molecule has 1 saturated carbocycles. The van der Waals surface area contributed by atoms with Gasteiger partial charge in [-0.25, -0.2) is 0 Å². The zero-order valence-electron chi connectivity index (χ0n) is 82.4. The molecule has 0 spiro atoms. The highest BCUT2D eigenvalue weighted by atomic mass is 127. The van der Waals surface area contributed by atoms with Crippen LogP contribution in [0.5, 0.6) is 17.2 Å². The molecule has 7 aliphatic rings. The molecule has 1 aliphatic carbocycles. The van der Waals surface area contributed by atoms with Crippen LogP contribution in [0.2, 0.25) is 0 Å². The molecule has 1 fully saturated rings. The number of nitro groups is 2. The molecule has 21 nitrogen and oxygen atoms in total. The molecule has 2 atom stereocenters. The lowest BCUT2D eigenvalue weighted by atomic mass is 9.92. The van der Waals surface area contributed by atoms with Gasteiger partial charge in [0.25, 0.3) is 11.4 Å². The largest absolute Gasteiger partial charge is 0.496 e. The van der Waals surface area contributed by atoms with Crippen molar-refractivity contribution in [2.75, 3.05) is 79.7 Å². The fourth-order valence-corrected chi connectivity index (χ4v) is 24.7. The number of aliphatic imine (C=N–C) groups is 6. The van der Waals surface area contributed by atoms with E-state index in [4.69, 9.17) is 19.2 Å². The Kier molecular flexibility index (Phi) is 41.9. The predicted octanol–water partition coefficient (Wildman–Crippen LogP) is 27.2. The van der Waals surface area contributed by atoms with E-state index in [-0.39, 0.29) is 21.2 Å². The lowest BCUT2D eigenvalue weighted by molar-refractivity contribution is -0.385. The van der Waals surface area contributed by atoms with Crippen LogP contribution in [0.1, 0.15) is 130 Å². The molecule has 2 unspecified atom stereocenters. The van der Waals surface area contributed by atoms with E-state index >= 15 is 0 Å². The first-order chi connectivity index (χ1) is 72.3. The Morgan fingerprint density at radius 2 is 0.707 bits per heavy atom. The number of hydrogen-bond acceptors (Lipinski definition) is 25. The normalized spacial score (nSPS) is 15.3. The summed E-state index contributed by atoms with van der Waals surface area (Å²) in [5.41, 5.74) is 15.4. The average Bonchev–Trinajstić information content (AvgIpc) is 1.73. The molecule has 0 saturated heterocycles. The molecule has 0 bridgehead atoms. The van der Waals surface area contributed by atoms with Gasteiger partial charge < -0.3 is 46.1 Å². The third-order valence-corrected chi connectivity index (χ3v) is 33.2. The van der Waals surface area contributed by atoms with Crippen LogP contribution >= 0.6 is 109 Å². The molecule has 0 amide bonds. The molecule has 6 aliphatic heterocycles. The molecule has 6 N–H and O–H groups in total. The van der Waals surface area contributed by atoms with Crippen LogP contribution in [0.15, 0.2) is 391 Å². The summed E-state index contributed by atoms with van der Waals surface area (Å²) in [6, 6.07) is 111. The molecule has 0 aromatic heterocycles. The molecule has 14 aromatic carbocycles. The van der Waals surface area contributed by atoms with Gasteiger partial charge in [-0.1, -0.05) is 253 Å². The minimum absolute atomic E-state index is 0.0722. The monoisotopic (exact) mass is 2240 g/mol. The predicted molar refractivity (Wildman–Crippen MR) is 626 cm³/mol. The summed E-state index contributed by atoms with van der Waals surface area (Å²) >= 11 is 16.7. The number of benzene rings is 14. The highest BCUT2D eigenvalue weighted by Crippen LogP contribution is 2.40. The first kappa shape index (κ1) is 107. The maximum absolute atomic E-state index is 11.1. The number of halogens is 2. The van der Waals surface area contributed by atoms with Crippen LogP contribution < -0.4 is 46.1 Å². The zero-order chi connectivity index (χ0) is 101. The summed E-state index contributed by atoms with van der Waals surface area (Å²) in [5, 5.41) is 45.4. The molecule has 21 rings (SSSR count). The van der Waals surface area contributed by atoms with Crippen molar-refractivity contribution in [3.8, 4) is 17.2 Å². The third-order valence-electron chi connectivity index (χ3n) is 24.9. The van der Waals surface area contributed by atoms with Gasteiger partial charge in [0.15, 0.2) is 0 Å². The van der Waals surface area contributed by atoms with Crippen molar-refractivity contribution in [3.05, 3.63) is 428 Å². The number of methoxy groups -OCH3 is 2. The first-order valence-corrected chi connectivity index (χ1v) is 57.5. The standard InChI is InChI=1S/C24H24N2OS.C21H23N3O3S.C21H20N2S.C18H19N3O3S.C17H17BrN2S.C17H17IN2S/c1-2-7-19(8-3-1)17-27-21-13-11-20(12-14-21)18-28-23-10-5-4-9-22(23)24-25-15-6-16-26-24;1-27-19-11-10-15(24(25)26)12-14(19)13-28-20-9-5-2-6-16(20)21-22-17-7-3-4-8-18(17)23-21;1-2-10-18-16(7-1)8-5-9-17(18)15-24-20-12-4-3-11-19(20)21-22-13-6-14-23-21;1-24-16-8-7-14(21(22)23)11-13(16)12-25-17-6-3-2-5-15(17)18-19-9-4-10-20-18;18-14-6-3-5-13(11-14)12-21-16-8-2-1-7-15(16)17-19-9-4-10-20-17;18-15-8-3-1-6-13(15)12-21-16-9-4-2-7-14(16)17-19-10-5-11-20-17/h1-5,7-14H,6,15-18H2,(H,25,26);2,5-6,9-12,17-18H,3-4,7-8,13H2,1H3,(H,22,23);1-5,7-12H,6,13-15H2,(H,22,23);2-3,5-8,11H,4,9-10,12H2,1H3,(H,19,20);1-3,5-8,11H,4,9-10,12H2,(H,19,20);1-4,6-9H,5,10-12H2,(H,19,20). The maximum Gasteiger partial charge on any atom is 0.270 e. The number of nitrogens with zero attached hydrogens (tertiary/aromatic N) is 8. The van der Waals surface area contributed by atoms with Gasteiger partial charge >= 0.3 is 0 Å². The summed E-state index contributed by atoms with van der Waals surface area (Å²) in [7, 11) is 3.16. The van der Waals surface area contributed by atoms with Gasteiger partial charge in [0.1, 0.15) is 58.9 Å². The van der Waals surface area contributed by atoms with Crippen LogP contribution in [-0.4, -0.2) is 137 Å². The van der Waals surface area contributed by atoms with Gasteiger partial charge in [-0.2, -0.15) is 0 Å². The number of thioether (sulfide) groups is 6. The Hall–Kier alpha value is -12.3. The molecule has 754 valence electrons. The van der Waals surface area contributed by atoms with E-state index in [0.29, 0.717) is 41.7 Å². The Bertz CT molecular complexity index is 6960. The molecule has 6 heterocycles. The quantitative estimate of drug-likeness (QED) is 0.0102. The summed E-state index contributed by atoms with van der Waals surface area (Å²) in [6.07, 6.45) is 10.4. The van der Waals surface area contributed by atoms with Crippen molar-refractivity contribution < 1.29 is 24.1 Å². The van der Waals surface area contributed by atoms with Crippen molar-refractivity contribution in [2.45, 2.75) is 140 Å². The SMILES string of the molecule is Brc1cccc(CSc2ccccc2C2=NCCCN2)c1.COc1ccc([N+](=O)[O-])cc1CSc1ccccc1C1=NC2CCCCC2N1.COc1ccc([N+](=O)[O-])cc1CSc1ccccc1C1=NCCCN1.Ic1ccccc1CSc1ccccc1C1=NCCCN1.c1ccc(C2=NCCCN2)c(SCc2cccc3ccccc23)c1.c1ccc(COc2ccc(CSc3ccccc3C3=NCCCN3)cc2)cc1. The summed E-state index contributed by atoms with van der Waals surface area (Å²) in [5.74, 6) is 13.3. The highest BCUT2D eigenvalue weighted by Gasteiger charge is 2.33. The van der Waals surface area contributed by atoms with Crippen LogP contribution in [0.3, 0.4) is 0 Å². The van der Waals surface area contributed by atoms with Gasteiger partial charge in [0, 0.05) is 212 Å². The van der Waals surface area contributed by atoms with Crippen molar-refractivity contribution in [1.29, 1.82) is 0 Å². The van der Waals surface area contributed by atoms with Crippen molar-refractivity contribution in [1.82, 2.24) is 31.9 Å². The van der Waals surface area contributed by atoms with Crippen LogP contribution in [0.4, 0.5) is 11.4 Å². The van der Waals surface area contributed by atoms with E-state index < -0.39 is 0 Å². The molecule has 0 radical (unpaired) electrons. The van der Waals surface area contributed by atoms with Crippen molar-refractivity contribution in [2.24, 2.45) is 30.0 Å². The van der Waals surface area contributed by atoms with E-state index in [9.17, 15) is 20.2 Å². The second-order valence-corrected chi connectivity index (χ2v) is 43.3. The first-order valence-electron chi connectivity index (χ1n) is 49.7. The number of nitrogens with one attached hydrogen (secondary N) is 6. The third kappa shape index (κ3) is 31.9. The smallest absolute Gasteiger partial charge is 0.270 e. The second-order valence-electron chi connectivity index (χ2n) is 35.1. The van der Waals surface area contributed by atoms with Gasteiger partial charge in [-0.15, -0.1) is 70.6 Å². The van der Waals surface area contributed by atoms with Gasteiger partial charge in [-0.3, -0.25) is 50.2 Å². The Morgan fingerprint density at radius 1 is 0.347 bits per heavy atom. The number of ether oxygens (including phenoxy) is 3. The molecular weight excluding hydrogens is 2120 g/mol. The van der Waals surface area contributed by atoms with Crippen LogP contribution in [-0.2, 0) is 41.1 Å². The van der Waals surface area contributed by atoms with E-state index in [0.717, 1.165) is 204 Å². The Balaban J connectivity index is 0.000000126. The van der Waals surface area contributed by atoms with E-state index in [1.165, 1.54) is 115 Å². The van der Waals surface area contributed by atoms with Gasteiger partial charge in [-0.05, 0) is 185 Å². The number of rotatable bonds is 31. The number of amidine groups is 6. The molecule has 14 aromatic rings. The van der Waals surface area contributed by atoms with Gasteiger partial charge in [0.2, 0.25) is 0 Å². The molecule has 29 heteroatoms. The number of non-ortho nitro benzene ring substituents is 2. The minimum Gasteiger partial charge on any atom is -0.496 e. The lowest BCUT2D eigenvalue weighted by Gasteiger charge is -2.23. The summed E-state index contributed by atoms with van der Waals surface area (Å²) < 4.78 is 19.1. The average molecular weight is 2250 g/mol. The van der Waals surface area contributed by atoms with Crippen LogP contribution in [0, 0.1) is 23.8 Å². The number of fused-ring (bicyclic) bond motifs is 2. The summed E-state index contributed by atoms with van der Waals surface area (Å²) in [6.45, 7) is 10.1. The zero-order valence-corrected chi connectivity index (χ0v) is 91.0. The number of nitro benzene ring substituents is 2. The van der Waals surface area contributed by atoms with Crippen molar-refractivity contribution >= 4 is 166 Å². The van der Waals surface area contributed by atoms with E-state index in [1.54, 1.807) is 62.0 Å². The van der Waals surface area contributed by atoms with Crippen LogP contribution in [0.25, 0.3) is 10.8 Å². The van der Waals surface area contributed by atoms with Crippen molar-refractivity contribution in [3.63, 3.8) is 0 Å². The van der Waals surface area contributed by atoms with E-state index in [1.807, 2.05) is 102 Å². The van der Waals surface area contributed by atoms with Gasteiger partial charge in [0.05, 0.1) is 30.1 Å². The second kappa shape index (κ2) is 57.3. The summed E-state index contributed by atoms with van der Waals surface area (Å²) in [4.78, 5) is 56.8. The number of hydrogen-bond donors (Lipinski definition) is 6. The molecule has 147 heavy (non-hydrogen) atoms.